The Morgan fingerprint density at radius 2 is 1.69 bits per heavy atom. The Kier molecular flexibility index (Phi) is 7.33. The number of ether oxygens (including phenoxy) is 1. The molecule has 1 fully saturated rings. The number of benzene rings is 2. The van der Waals surface area contributed by atoms with Gasteiger partial charge in [-0.25, -0.2) is 13.6 Å². The fraction of sp³-hybridized carbons (Fsp3) is 0.423. The summed E-state index contributed by atoms with van der Waals surface area (Å²) in [6.45, 7) is 1.85. The van der Waals surface area contributed by atoms with E-state index in [0.29, 0.717) is 0 Å². The zero-order chi connectivity index (χ0) is 25.1. The van der Waals surface area contributed by atoms with Crippen molar-refractivity contribution >= 4 is 18.0 Å². The Morgan fingerprint density at radius 1 is 1.09 bits per heavy atom. The number of fused-ring (bicyclic) bond motifs is 3. The van der Waals surface area contributed by atoms with Gasteiger partial charge in [0.25, 0.3) is 6.43 Å². The summed E-state index contributed by atoms with van der Waals surface area (Å²) in [5, 5.41) is 11.3. The van der Waals surface area contributed by atoms with Crippen molar-refractivity contribution < 1.29 is 33.0 Å². The lowest BCUT2D eigenvalue weighted by atomic mass is 9.91. The van der Waals surface area contributed by atoms with Crippen molar-refractivity contribution in [2.24, 2.45) is 5.92 Å². The normalized spacial score (nSPS) is 20.2. The Hall–Kier alpha value is -3.49. The van der Waals surface area contributed by atoms with Crippen molar-refractivity contribution in [3.63, 3.8) is 0 Å². The molecule has 35 heavy (non-hydrogen) atoms. The van der Waals surface area contributed by atoms with E-state index < -0.39 is 42.8 Å². The third-order valence-corrected chi connectivity index (χ3v) is 6.89. The van der Waals surface area contributed by atoms with Crippen LogP contribution >= 0.6 is 0 Å². The molecule has 2 aromatic carbocycles. The summed E-state index contributed by atoms with van der Waals surface area (Å²) in [5.41, 5.74) is 4.10. The van der Waals surface area contributed by atoms with Gasteiger partial charge >= 0.3 is 12.1 Å². The number of likely N-dealkylation sites (tertiary alicyclic amines) is 1. The van der Waals surface area contributed by atoms with Crippen LogP contribution in [0.1, 0.15) is 43.2 Å². The number of carboxylic acid groups (broad SMARTS) is 1. The predicted molar refractivity (Wildman–Crippen MR) is 124 cm³/mol. The molecule has 0 radical (unpaired) electrons. The van der Waals surface area contributed by atoms with Gasteiger partial charge in [0.2, 0.25) is 5.91 Å². The van der Waals surface area contributed by atoms with E-state index in [0.717, 1.165) is 22.3 Å². The molecule has 2 aromatic rings. The van der Waals surface area contributed by atoms with Crippen LogP contribution in [0.25, 0.3) is 11.1 Å². The van der Waals surface area contributed by atoms with Crippen LogP contribution in [-0.4, -0.2) is 59.6 Å². The first-order valence-corrected chi connectivity index (χ1v) is 11.7. The number of amides is 2. The molecule has 9 heteroatoms. The van der Waals surface area contributed by atoms with Crippen LogP contribution in [0.5, 0.6) is 0 Å². The van der Waals surface area contributed by atoms with Crippen molar-refractivity contribution in [3.8, 4) is 11.1 Å². The second-order valence-electron chi connectivity index (χ2n) is 9.11. The first-order chi connectivity index (χ1) is 16.8. The number of aliphatic carboxylic acids is 1. The molecule has 0 spiro atoms. The van der Waals surface area contributed by atoms with Gasteiger partial charge in [0.15, 0.2) is 0 Å². The predicted octanol–water partition coefficient (Wildman–Crippen LogP) is 4.26. The Labute approximate surface area is 202 Å². The first-order valence-electron chi connectivity index (χ1n) is 11.7. The van der Waals surface area contributed by atoms with Crippen molar-refractivity contribution in [2.75, 3.05) is 13.2 Å². The average Bonchev–Trinajstić information content (AvgIpc) is 3.15. The summed E-state index contributed by atoms with van der Waals surface area (Å²) < 4.78 is 32.7. The number of piperidine rings is 1. The van der Waals surface area contributed by atoms with Gasteiger partial charge in [-0.05, 0) is 42.0 Å². The molecule has 0 saturated carbocycles. The van der Waals surface area contributed by atoms with E-state index >= 15 is 0 Å². The number of halogens is 2. The summed E-state index contributed by atoms with van der Waals surface area (Å²) in [6.07, 6.45) is -4.04. The molecule has 2 amide bonds. The topological polar surface area (TPSA) is 95.9 Å². The van der Waals surface area contributed by atoms with E-state index in [9.17, 15) is 28.3 Å². The van der Waals surface area contributed by atoms with Gasteiger partial charge in [-0.15, -0.1) is 0 Å². The van der Waals surface area contributed by atoms with Crippen molar-refractivity contribution in [3.05, 3.63) is 59.7 Å². The summed E-state index contributed by atoms with van der Waals surface area (Å²) in [4.78, 5) is 37.7. The molecule has 2 N–H and O–H groups in total. The average molecular weight is 487 g/mol. The number of alkyl halides is 2. The van der Waals surface area contributed by atoms with E-state index in [4.69, 9.17) is 4.74 Å². The summed E-state index contributed by atoms with van der Waals surface area (Å²) >= 11 is 0. The lowest BCUT2D eigenvalue weighted by molar-refractivity contribution is -0.147. The van der Waals surface area contributed by atoms with Crippen LogP contribution in [-0.2, 0) is 14.3 Å². The maximum Gasteiger partial charge on any atom is 0.407 e. The quantitative estimate of drug-likeness (QED) is 0.610. The number of hydrogen-bond acceptors (Lipinski definition) is 4. The Morgan fingerprint density at radius 3 is 2.23 bits per heavy atom. The number of carbonyl (C=O) groups excluding carboxylic acids is 2. The van der Waals surface area contributed by atoms with Gasteiger partial charge in [-0.3, -0.25) is 9.59 Å². The van der Waals surface area contributed by atoms with Crippen molar-refractivity contribution in [1.29, 1.82) is 0 Å². The number of carbonyl (C=O) groups is 3. The summed E-state index contributed by atoms with van der Waals surface area (Å²) in [5.74, 6) is -2.24. The van der Waals surface area contributed by atoms with Crippen LogP contribution in [0.15, 0.2) is 48.5 Å². The van der Waals surface area contributed by atoms with E-state index in [2.05, 4.69) is 5.32 Å². The van der Waals surface area contributed by atoms with Crippen molar-refractivity contribution in [1.82, 2.24) is 10.2 Å². The fourth-order valence-electron chi connectivity index (χ4n) is 5.07. The van der Waals surface area contributed by atoms with Gasteiger partial charge in [0.1, 0.15) is 12.6 Å². The number of nitrogens with one attached hydrogen (secondary N) is 1. The van der Waals surface area contributed by atoms with E-state index in [1.54, 1.807) is 6.92 Å². The number of nitrogens with zero attached hydrogens (tertiary/aromatic N) is 1. The van der Waals surface area contributed by atoms with E-state index in [1.807, 2.05) is 48.5 Å². The minimum absolute atomic E-state index is 0.0243. The molecule has 7 nitrogen and oxygen atoms in total. The third kappa shape index (κ3) is 5.28. The van der Waals surface area contributed by atoms with Crippen LogP contribution in [0.4, 0.5) is 13.6 Å². The molecule has 2 aliphatic rings. The maximum absolute atomic E-state index is 13.7. The molecule has 0 aromatic heterocycles. The largest absolute Gasteiger partial charge is 0.481 e. The smallest absolute Gasteiger partial charge is 0.407 e. The molecule has 186 valence electrons. The van der Waals surface area contributed by atoms with Crippen LogP contribution in [0.2, 0.25) is 0 Å². The molecule has 4 rings (SSSR count). The van der Waals surface area contributed by atoms with Gasteiger partial charge < -0.3 is 20.1 Å². The zero-order valence-electron chi connectivity index (χ0n) is 19.3. The lowest BCUT2D eigenvalue weighted by Crippen LogP contribution is -2.49. The highest BCUT2D eigenvalue weighted by Gasteiger charge is 2.35. The molecular formula is C26H28F2N2O5. The third-order valence-electron chi connectivity index (χ3n) is 6.89. The second kappa shape index (κ2) is 10.4. The highest BCUT2D eigenvalue weighted by atomic mass is 19.3. The van der Waals surface area contributed by atoms with Crippen LogP contribution in [0, 0.1) is 5.92 Å². The molecule has 1 aliphatic heterocycles. The molecular weight excluding hydrogens is 458 g/mol. The number of rotatable bonds is 7. The highest BCUT2D eigenvalue weighted by molar-refractivity contribution is 5.80. The van der Waals surface area contributed by atoms with E-state index in [-0.39, 0.29) is 38.0 Å². The number of carboxylic acids is 1. The number of alkyl carbamates (subject to hydrolysis) is 1. The van der Waals surface area contributed by atoms with Gasteiger partial charge in [-0.2, -0.15) is 0 Å². The lowest BCUT2D eigenvalue weighted by Gasteiger charge is -2.37. The molecule has 3 atom stereocenters. The molecule has 1 saturated heterocycles. The van der Waals surface area contributed by atoms with E-state index in [1.165, 1.54) is 4.90 Å². The zero-order valence-corrected chi connectivity index (χ0v) is 19.3. The highest BCUT2D eigenvalue weighted by Crippen LogP contribution is 2.44. The Balaban J connectivity index is 1.35. The minimum Gasteiger partial charge on any atom is -0.481 e. The molecule has 3 unspecified atom stereocenters. The first kappa shape index (κ1) is 24.6. The molecule has 1 aliphatic carbocycles. The standard InChI is InChI=1S/C26H28F2N2O5/c1-15-12-16(25(32)33)10-11-30(15)23(31)13-22(24(27)28)29-26(34)35-14-21-19-8-4-2-6-17(19)18-7-3-5-9-20(18)21/h2-9,15-16,21-22,24H,10-14H2,1H3,(H,29,34)(H,32,33). The van der Waals surface area contributed by atoms with Gasteiger partial charge in [0, 0.05) is 18.5 Å². The fourth-order valence-corrected chi connectivity index (χ4v) is 5.07. The number of hydrogen-bond donors (Lipinski definition) is 2. The van der Waals surface area contributed by atoms with Gasteiger partial charge in [-0.1, -0.05) is 48.5 Å². The molecule has 1 heterocycles. The van der Waals surface area contributed by atoms with Crippen LogP contribution < -0.4 is 5.32 Å². The Bertz CT molecular complexity index is 1060. The SMILES string of the molecule is CC1CC(C(=O)O)CCN1C(=O)CC(NC(=O)OCC1c2ccccc2-c2ccccc21)C(F)F. The van der Waals surface area contributed by atoms with Crippen molar-refractivity contribution in [2.45, 2.75) is 50.6 Å². The minimum atomic E-state index is -2.97. The summed E-state index contributed by atoms with van der Waals surface area (Å²) in [6, 6.07) is 13.5. The van der Waals surface area contributed by atoms with Gasteiger partial charge in [0.05, 0.1) is 12.3 Å². The monoisotopic (exact) mass is 486 g/mol. The van der Waals surface area contributed by atoms with Crippen LogP contribution in [0.3, 0.4) is 0 Å². The summed E-state index contributed by atoms with van der Waals surface area (Å²) in [7, 11) is 0. The molecule has 0 bridgehead atoms. The second-order valence-corrected chi connectivity index (χ2v) is 9.11. The maximum atomic E-state index is 13.7.